The number of benzene rings is 1. The van der Waals surface area contributed by atoms with E-state index < -0.39 is 5.60 Å². The highest BCUT2D eigenvalue weighted by Gasteiger charge is 2.24. The van der Waals surface area contributed by atoms with Crippen molar-refractivity contribution in [3.63, 3.8) is 0 Å². The lowest BCUT2D eigenvalue weighted by atomic mass is 10.0. The van der Waals surface area contributed by atoms with Crippen molar-refractivity contribution in [2.24, 2.45) is 0 Å². The van der Waals surface area contributed by atoms with Gasteiger partial charge in [0.2, 0.25) is 6.41 Å². The maximum Gasteiger partial charge on any atom is 0.209 e. The zero-order chi connectivity index (χ0) is 23.4. The highest BCUT2D eigenvalue weighted by molar-refractivity contribution is 5.46. The van der Waals surface area contributed by atoms with Gasteiger partial charge in [-0.2, -0.15) is 5.10 Å². The summed E-state index contributed by atoms with van der Waals surface area (Å²) in [7, 11) is 0. The van der Waals surface area contributed by atoms with Crippen molar-refractivity contribution < 1.29 is 14.3 Å². The van der Waals surface area contributed by atoms with Gasteiger partial charge in [-0.3, -0.25) is 4.79 Å². The Bertz CT molecular complexity index is 896. The number of carbonyl (C=O) groups excluding carboxylic acids is 1. The van der Waals surface area contributed by atoms with E-state index in [1.165, 1.54) is 5.56 Å². The second kappa shape index (κ2) is 12.7. The smallest absolute Gasteiger partial charge is 0.209 e. The van der Waals surface area contributed by atoms with Crippen LogP contribution in [0.3, 0.4) is 0 Å². The number of hydrogen-bond donors (Lipinski definition) is 1. The van der Waals surface area contributed by atoms with Crippen LogP contribution < -0.4 is 0 Å². The summed E-state index contributed by atoms with van der Waals surface area (Å²) in [5.41, 5.74) is 1.94. The van der Waals surface area contributed by atoms with Gasteiger partial charge in [-0.05, 0) is 52.3 Å². The third kappa shape index (κ3) is 8.02. The molecule has 2 aromatic heterocycles. The zero-order valence-corrected chi connectivity index (χ0v) is 19.8. The molecule has 31 heavy (non-hydrogen) atoms. The van der Waals surface area contributed by atoms with Crippen LogP contribution >= 0.6 is 0 Å². The Kier molecular flexibility index (Phi) is 10.7. The van der Waals surface area contributed by atoms with E-state index in [0.717, 1.165) is 12.1 Å². The van der Waals surface area contributed by atoms with E-state index in [-0.39, 0.29) is 0 Å². The number of oxazole rings is 1. The standard InChI is InChI=1S/C12H20N2O3.C10H10N2.C2H6/c1-5-14(8-15)7-6-10-13-11(9(2)17-10)12(3,4)16;1-9-5-2-3-6-10(9)12-8-4-7-11-12;1-2/h8,16H,5-7H2,1-4H3;2-8H,1H3;1-2H3. The van der Waals surface area contributed by atoms with Crippen LogP contribution in [-0.2, 0) is 16.8 Å². The van der Waals surface area contributed by atoms with Gasteiger partial charge in [-0.25, -0.2) is 9.67 Å². The van der Waals surface area contributed by atoms with Crippen molar-refractivity contribution in [3.05, 3.63) is 65.6 Å². The molecule has 2 heterocycles. The molecule has 3 rings (SSSR count). The van der Waals surface area contributed by atoms with Gasteiger partial charge < -0.3 is 14.4 Å². The van der Waals surface area contributed by atoms with Crippen molar-refractivity contribution >= 4 is 6.41 Å². The fraction of sp³-hybridized carbons (Fsp3) is 0.458. The lowest BCUT2D eigenvalue weighted by molar-refractivity contribution is -0.117. The minimum atomic E-state index is -0.999. The summed E-state index contributed by atoms with van der Waals surface area (Å²) < 4.78 is 7.34. The molecule has 0 radical (unpaired) electrons. The van der Waals surface area contributed by atoms with Crippen molar-refractivity contribution in [2.45, 2.75) is 60.5 Å². The molecule has 0 saturated heterocycles. The number of amides is 1. The lowest BCUT2D eigenvalue weighted by Gasteiger charge is -2.14. The first-order valence-corrected chi connectivity index (χ1v) is 10.7. The number of aliphatic hydroxyl groups is 1. The molecular weight excluding hydrogens is 392 g/mol. The average Bonchev–Trinajstić information content (AvgIpc) is 3.41. The van der Waals surface area contributed by atoms with E-state index in [1.54, 1.807) is 31.9 Å². The molecule has 7 heteroatoms. The maximum atomic E-state index is 10.6. The molecule has 1 amide bonds. The van der Waals surface area contributed by atoms with Crippen molar-refractivity contribution in [3.8, 4) is 5.69 Å². The fourth-order valence-electron chi connectivity index (χ4n) is 2.88. The summed E-state index contributed by atoms with van der Waals surface area (Å²) in [5.74, 6) is 1.18. The molecule has 0 aliphatic rings. The van der Waals surface area contributed by atoms with Crippen molar-refractivity contribution in [1.29, 1.82) is 0 Å². The van der Waals surface area contributed by atoms with E-state index in [1.807, 2.05) is 49.8 Å². The van der Waals surface area contributed by atoms with Gasteiger partial charge in [-0.1, -0.05) is 32.0 Å². The molecule has 0 unspecified atom stereocenters. The Morgan fingerprint density at radius 1 is 1.19 bits per heavy atom. The third-order valence-electron chi connectivity index (χ3n) is 4.46. The number of rotatable bonds is 7. The Hall–Kier alpha value is -2.93. The van der Waals surface area contributed by atoms with E-state index in [9.17, 15) is 9.90 Å². The Balaban J connectivity index is 0.000000300. The van der Waals surface area contributed by atoms with Crippen LogP contribution in [0.25, 0.3) is 5.69 Å². The first-order chi connectivity index (χ1) is 14.8. The summed E-state index contributed by atoms with van der Waals surface area (Å²) in [6.45, 7) is 14.4. The summed E-state index contributed by atoms with van der Waals surface area (Å²) in [4.78, 5) is 16.5. The number of nitrogens with zero attached hydrogens (tertiary/aromatic N) is 4. The van der Waals surface area contributed by atoms with Crippen LogP contribution in [0, 0.1) is 13.8 Å². The molecule has 3 aromatic rings. The van der Waals surface area contributed by atoms with Gasteiger partial charge >= 0.3 is 0 Å². The van der Waals surface area contributed by atoms with Crippen LogP contribution in [-0.4, -0.2) is 44.3 Å². The monoisotopic (exact) mass is 428 g/mol. The molecule has 0 spiro atoms. The Morgan fingerprint density at radius 3 is 2.35 bits per heavy atom. The number of carbonyl (C=O) groups is 1. The predicted octanol–water partition coefficient (Wildman–Crippen LogP) is 4.44. The molecule has 0 atom stereocenters. The van der Waals surface area contributed by atoms with Crippen molar-refractivity contribution in [2.75, 3.05) is 13.1 Å². The zero-order valence-electron chi connectivity index (χ0n) is 19.8. The second-order valence-corrected chi connectivity index (χ2v) is 7.29. The quantitative estimate of drug-likeness (QED) is 0.563. The minimum Gasteiger partial charge on any atom is -0.446 e. The SMILES string of the molecule is CC.CCN(C=O)CCc1nc(C(C)(C)O)c(C)o1.Cc1ccccc1-n1cccn1. The number of likely N-dealkylation sites (N-methyl/N-ethyl adjacent to an activating group) is 1. The summed E-state index contributed by atoms with van der Waals surface area (Å²) in [6.07, 6.45) is 5.10. The normalized spacial score (nSPS) is 10.5. The van der Waals surface area contributed by atoms with E-state index >= 15 is 0 Å². The molecule has 1 N–H and O–H groups in total. The lowest BCUT2D eigenvalue weighted by Crippen LogP contribution is -2.24. The third-order valence-corrected chi connectivity index (χ3v) is 4.46. The van der Waals surface area contributed by atoms with Crippen molar-refractivity contribution in [1.82, 2.24) is 19.7 Å². The highest BCUT2D eigenvalue weighted by atomic mass is 16.4. The number of aromatic nitrogens is 3. The molecule has 0 aliphatic carbocycles. The van der Waals surface area contributed by atoms with Crippen LogP contribution in [0.4, 0.5) is 0 Å². The van der Waals surface area contributed by atoms with Crippen LogP contribution in [0.5, 0.6) is 0 Å². The average molecular weight is 429 g/mol. The minimum absolute atomic E-state index is 0.555. The molecule has 0 aliphatic heterocycles. The van der Waals surface area contributed by atoms with E-state index in [0.29, 0.717) is 36.9 Å². The summed E-state index contributed by atoms with van der Waals surface area (Å²) >= 11 is 0. The Labute approximate surface area is 185 Å². The van der Waals surface area contributed by atoms with Gasteiger partial charge in [0.1, 0.15) is 17.1 Å². The van der Waals surface area contributed by atoms with E-state index in [4.69, 9.17) is 4.42 Å². The maximum absolute atomic E-state index is 10.6. The highest BCUT2D eigenvalue weighted by Crippen LogP contribution is 2.23. The fourth-order valence-corrected chi connectivity index (χ4v) is 2.88. The number of para-hydroxylation sites is 1. The largest absolute Gasteiger partial charge is 0.446 e. The van der Waals surface area contributed by atoms with Gasteiger partial charge in [0.05, 0.1) is 5.69 Å². The van der Waals surface area contributed by atoms with Crippen LogP contribution in [0.1, 0.15) is 57.5 Å². The van der Waals surface area contributed by atoms with Gasteiger partial charge in [0.15, 0.2) is 5.89 Å². The molecular formula is C24H36N4O3. The second-order valence-electron chi connectivity index (χ2n) is 7.29. The Morgan fingerprint density at radius 2 is 1.87 bits per heavy atom. The molecule has 7 nitrogen and oxygen atoms in total. The topological polar surface area (TPSA) is 84.4 Å². The van der Waals surface area contributed by atoms with E-state index in [2.05, 4.69) is 29.1 Å². The van der Waals surface area contributed by atoms with Crippen LogP contribution in [0.2, 0.25) is 0 Å². The number of aryl methyl sites for hydroxylation is 2. The molecule has 1 aromatic carbocycles. The van der Waals surface area contributed by atoms with Gasteiger partial charge in [0, 0.05) is 31.9 Å². The van der Waals surface area contributed by atoms with Crippen LogP contribution in [0.15, 0.2) is 47.1 Å². The summed E-state index contributed by atoms with van der Waals surface area (Å²) in [6, 6.07) is 10.1. The first-order valence-electron chi connectivity index (χ1n) is 10.7. The molecule has 0 fully saturated rings. The molecule has 0 saturated carbocycles. The first kappa shape index (κ1) is 26.1. The summed E-state index contributed by atoms with van der Waals surface area (Å²) in [5, 5.41) is 14.0. The predicted molar refractivity (Wildman–Crippen MR) is 123 cm³/mol. The van der Waals surface area contributed by atoms with Gasteiger partial charge in [-0.15, -0.1) is 0 Å². The number of hydrogen-bond acceptors (Lipinski definition) is 5. The molecule has 170 valence electrons. The van der Waals surface area contributed by atoms with Gasteiger partial charge in [0.25, 0.3) is 0 Å². The molecule has 0 bridgehead atoms.